The molecule has 1 atom stereocenters. The molecule has 51 heavy (non-hydrogen) atoms. The van der Waals surface area contributed by atoms with Crippen LogP contribution in [0.15, 0.2) is 0 Å². The lowest BCUT2D eigenvalue weighted by atomic mass is 10.0. The fourth-order valence-electron chi connectivity index (χ4n) is 7.71. The third-order valence-electron chi connectivity index (χ3n) is 11.2. The van der Waals surface area contributed by atoms with Gasteiger partial charge >= 0.3 is 7.75 Å². The van der Waals surface area contributed by atoms with Gasteiger partial charge in [-0.25, -0.2) is 9.24 Å². The van der Waals surface area contributed by atoms with Crippen LogP contribution in [-0.2, 0) is 9.09 Å². The lowest BCUT2D eigenvalue weighted by Crippen LogP contribution is -2.24. The van der Waals surface area contributed by atoms with Gasteiger partial charge in [0.2, 0.25) is 0 Å². The topological polar surface area (TPSA) is 49.8 Å². The highest BCUT2D eigenvalue weighted by Crippen LogP contribution is 2.46. The molecular weight excluding hydrogens is 645 g/mol. The van der Waals surface area contributed by atoms with Crippen molar-refractivity contribution in [1.29, 1.82) is 0 Å². The maximum Gasteiger partial charge on any atom is 0.405 e. The largest absolute Gasteiger partial charge is 0.405 e. The van der Waals surface area contributed by atoms with E-state index in [9.17, 15) is 9.46 Å². The first kappa shape index (κ1) is 51.1. The van der Waals surface area contributed by atoms with Gasteiger partial charge in [0.15, 0.2) is 0 Å². The van der Waals surface area contributed by atoms with E-state index in [4.69, 9.17) is 4.52 Å². The van der Waals surface area contributed by atoms with Gasteiger partial charge < -0.3 is 4.89 Å². The standard InChI is InChI=1S/C46H96NO3P/c1-4-7-9-11-13-15-17-19-21-23-25-27-29-31-33-35-37-39-41-43-45-47(51(48,49)50-6-3)46-44-42-40-38-36-34-32-30-28-26-24-22-20-18-16-14-12-10-8-5-2/h4-46H2,1-3H3,(H,48,49). The molecule has 0 radical (unpaired) electrons. The van der Waals surface area contributed by atoms with Crippen molar-refractivity contribution in [3.8, 4) is 0 Å². The normalized spacial score (nSPS) is 13.0. The molecule has 0 bridgehead atoms. The lowest BCUT2D eigenvalue weighted by molar-refractivity contribution is 0.206. The van der Waals surface area contributed by atoms with Gasteiger partial charge in [-0.1, -0.05) is 258 Å². The molecule has 0 spiro atoms. The minimum Gasteiger partial charge on any atom is -0.312 e. The number of rotatable bonds is 45. The van der Waals surface area contributed by atoms with Gasteiger partial charge in [-0.2, -0.15) is 0 Å². The fourth-order valence-corrected chi connectivity index (χ4v) is 9.00. The molecule has 1 N–H and O–H groups in total. The van der Waals surface area contributed by atoms with Crippen molar-refractivity contribution in [2.45, 2.75) is 278 Å². The van der Waals surface area contributed by atoms with E-state index in [1.807, 2.05) is 6.92 Å². The van der Waals surface area contributed by atoms with E-state index in [0.29, 0.717) is 19.7 Å². The average molecular weight is 742 g/mol. The van der Waals surface area contributed by atoms with Crippen molar-refractivity contribution in [3.63, 3.8) is 0 Å². The zero-order chi connectivity index (χ0) is 37.2. The van der Waals surface area contributed by atoms with Gasteiger partial charge in [0.1, 0.15) is 0 Å². The summed E-state index contributed by atoms with van der Waals surface area (Å²) in [5.41, 5.74) is 0. The Morgan fingerprint density at radius 3 is 0.686 bits per heavy atom. The Hall–Kier alpha value is 0.110. The predicted molar refractivity (Wildman–Crippen MR) is 229 cm³/mol. The number of hydrogen-bond donors (Lipinski definition) is 1. The van der Waals surface area contributed by atoms with Crippen LogP contribution in [0.25, 0.3) is 0 Å². The highest BCUT2D eigenvalue weighted by Gasteiger charge is 2.28. The Balaban J connectivity index is 3.62. The van der Waals surface area contributed by atoms with Crippen LogP contribution >= 0.6 is 7.75 Å². The minimum absolute atomic E-state index is 0.294. The number of unbranched alkanes of at least 4 members (excludes halogenated alkanes) is 38. The van der Waals surface area contributed by atoms with Crippen LogP contribution in [-0.4, -0.2) is 29.3 Å². The summed E-state index contributed by atoms with van der Waals surface area (Å²) in [7, 11) is -3.66. The van der Waals surface area contributed by atoms with Crippen LogP contribution in [0.2, 0.25) is 0 Å². The second-order valence-corrected chi connectivity index (χ2v) is 18.1. The molecule has 0 aromatic carbocycles. The second-order valence-electron chi connectivity index (χ2n) is 16.3. The van der Waals surface area contributed by atoms with E-state index in [0.717, 1.165) is 25.7 Å². The van der Waals surface area contributed by atoms with Crippen LogP contribution in [0.1, 0.15) is 278 Å². The Morgan fingerprint density at radius 1 is 0.333 bits per heavy atom. The van der Waals surface area contributed by atoms with Crippen LogP contribution in [0.3, 0.4) is 0 Å². The van der Waals surface area contributed by atoms with Crippen molar-refractivity contribution in [2.75, 3.05) is 19.7 Å². The van der Waals surface area contributed by atoms with Crippen LogP contribution < -0.4 is 0 Å². The lowest BCUT2D eigenvalue weighted by Gasteiger charge is -2.26. The molecule has 0 rings (SSSR count). The first-order chi connectivity index (χ1) is 25.1. The monoisotopic (exact) mass is 742 g/mol. The van der Waals surface area contributed by atoms with Gasteiger partial charge in [0.25, 0.3) is 0 Å². The van der Waals surface area contributed by atoms with Crippen molar-refractivity contribution in [1.82, 2.24) is 4.67 Å². The third-order valence-corrected chi connectivity index (χ3v) is 12.9. The third kappa shape index (κ3) is 39.6. The first-order valence-corrected chi connectivity index (χ1v) is 25.3. The summed E-state index contributed by atoms with van der Waals surface area (Å²) in [6.45, 7) is 8.08. The van der Waals surface area contributed by atoms with Gasteiger partial charge in [-0.15, -0.1) is 0 Å². The van der Waals surface area contributed by atoms with Gasteiger partial charge in [0, 0.05) is 13.1 Å². The Labute approximate surface area is 322 Å². The van der Waals surface area contributed by atoms with Gasteiger partial charge in [-0.3, -0.25) is 4.52 Å². The summed E-state index contributed by atoms with van der Waals surface area (Å²) in [6, 6.07) is 0. The molecule has 0 aliphatic heterocycles. The zero-order valence-corrected chi connectivity index (χ0v) is 36.5. The molecule has 0 heterocycles. The van der Waals surface area contributed by atoms with E-state index < -0.39 is 7.75 Å². The van der Waals surface area contributed by atoms with Crippen molar-refractivity contribution in [3.05, 3.63) is 0 Å². The number of hydrogen-bond acceptors (Lipinski definition) is 2. The molecule has 308 valence electrons. The maximum atomic E-state index is 12.8. The van der Waals surface area contributed by atoms with Crippen LogP contribution in [0.5, 0.6) is 0 Å². The van der Waals surface area contributed by atoms with Crippen molar-refractivity contribution < 1.29 is 14.0 Å². The highest BCUT2D eigenvalue weighted by molar-refractivity contribution is 7.50. The molecule has 5 heteroatoms. The van der Waals surface area contributed by atoms with E-state index in [1.165, 1.54) is 231 Å². The van der Waals surface area contributed by atoms with Gasteiger partial charge in [-0.05, 0) is 19.8 Å². The molecule has 0 aliphatic carbocycles. The summed E-state index contributed by atoms with van der Waals surface area (Å²) in [6.07, 6.45) is 54.9. The SMILES string of the molecule is CCCCCCCCCCCCCCCCCCCCCCN(CCCCCCCCCCCCCCCCCCCCCC)P(=O)(O)OCC. The predicted octanol–water partition coefficient (Wildman–Crippen LogP) is 17.1. The summed E-state index contributed by atoms with van der Waals surface area (Å²) in [5, 5.41) is 0. The van der Waals surface area contributed by atoms with E-state index >= 15 is 0 Å². The molecule has 1 unspecified atom stereocenters. The Bertz CT molecular complexity index is 645. The maximum absolute atomic E-state index is 12.8. The fraction of sp³-hybridized carbons (Fsp3) is 1.00. The average Bonchev–Trinajstić information content (AvgIpc) is 3.12. The molecule has 0 amide bonds. The van der Waals surface area contributed by atoms with E-state index in [-0.39, 0.29) is 0 Å². The summed E-state index contributed by atoms with van der Waals surface area (Å²) in [5.74, 6) is 0. The van der Waals surface area contributed by atoms with Crippen molar-refractivity contribution >= 4 is 7.75 Å². The Kier molecular flexibility index (Phi) is 42.9. The summed E-state index contributed by atoms with van der Waals surface area (Å²) in [4.78, 5) is 10.6. The molecule has 0 aromatic heterocycles. The van der Waals surface area contributed by atoms with Crippen LogP contribution in [0.4, 0.5) is 0 Å². The number of nitrogens with zero attached hydrogens (tertiary/aromatic N) is 1. The minimum atomic E-state index is -3.66. The van der Waals surface area contributed by atoms with Crippen LogP contribution in [0, 0.1) is 0 Å². The smallest absolute Gasteiger partial charge is 0.312 e. The molecule has 0 aliphatic rings. The van der Waals surface area contributed by atoms with Crippen molar-refractivity contribution in [2.24, 2.45) is 0 Å². The first-order valence-electron chi connectivity index (χ1n) is 23.8. The summed E-state index contributed by atoms with van der Waals surface area (Å²) >= 11 is 0. The molecule has 0 saturated heterocycles. The zero-order valence-electron chi connectivity index (χ0n) is 35.6. The molecule has 0 aromatic rings. The highest BCUT2D eigenvalue weighted by atomic mass is 31.2. The van der Waals surface area contributed by atoms with Gasteiger partial charge in [0.05, 0.1) is 6.61 Å². The second kappa shape index (κ2) is 42.8. The van der Waals surface area contributed by atoms with E-state index in [2.05, 4.69) is 13.8 Å². The molecule has 0 fully saturated rings. The molecular formula is C46H96NO3P. The summed E-state index contributed by atoms with van der Waals surface area (Å²) < 4.78 is 19.9. The molecule has 4 nitrogen and oxygen atoms in total. The van der Waals surface area contributed by atoms with E-state index in [1.54, 1.807) is 4.67 Å². The quantitative estimate of drug-likeness (QED) is 0.0499. The molecule has 0 saturated carbocycles. The Morgan fingerprint density at radius 2 is 0.510 bits per heavy atom.